The van der Waals surface area contributed by atoms with Crippen LogP contribution >= 0.6 is 0 Å². The number of amides is 1. The highest BCUT2D eigenvalue weighted by molar-refractivity contribution is 5.93. The Hall–Kier alpha value is -1.98. The van der Waals surface area contributed by atoms with Gasteiger partial charge in [0.25, 0.3) is 0 Å². The number of carbonyl (C=O) groups excluding carboxylic acids is 1. The van der Waals surface area contributed by atoms with Gasteiger partial charge < -0.3 is 5.11 Å². The molecule has 1 aromatic rings. The predicted molar refractivity (Wildman–Crippen MR) is 50.7 cm³/mol. The average molecular weight is 207 g/mol. The van der Waals surface area contributed by atoms with Crippen LogP contribution in [-0.2, 0) is 11.2 Å². The first-order chi connectivity index (χ1) is 7.09. The standard InChI is InChI=1S/C9H9N3O3/c1-5(13)12-3-2-6-4-10-7(9(14)15)11-8(6)12/h4H,2-3H2,1H3,(H,14,15). The number of hydrogen-bond acceptors (Lipinski definition) is 4. The maximum Gasteiger partial charge on any atom is 0.374 e. The van der Waals surface area contributed by atoms with E-state index in [1.165, 1.54) is 18.0 Å². The molecule has 0 bridgehead atoms. The molecule has 2 heterocycles. The summed E-state index contributed by atoms with van der Waals surface area (Å²) in [6, 6.07) is 0. The SMILES string of the molecule is CC(=O)N1CCc2cnc(C(=O)O)nc21. The number of fused-ring (bicyclic) bond motifs is 1. The monoisotopic (exact) mass is 207 g/mol. The molecule has 6 heteroatoms. The van der Waals surface area contributed by atoms with Crippen molar-refractivity contribution in [1.29, 1.82) is 0 Å². The third kappa shape index (κ3) is 1.54. The first-order valence-corrected chi connectivity index (χ1v) is 4.47. The minimum atomic E-state index is -1.19. The van der Waals surface area contributed by atoms with Crippen molar-refractivity contribution in [2.24, 2.45) is 0 Å². The maximum absolute atomic E-state index is 11.2. The molecule has 1 N–H and O–H groups in total. The molecular weight excluding hydrogens is 198 g/mol. The highest BCUT2D eigenvalue weighted by atomic mass is 16.4. The van der Waals surface area contributed by atoms with Crippen molar-refractivity contribution >= 4 is 17.7 Å². The summed E-state index contributed by atoms with van der Waals surface area (Å²) >= 11 is 0. The summed E-state index contributed by atoms with van der Waals surface area (Å²) in [5.41, 5.74) is 0.815. The highest BCUT2D eigenvalue weighted by Crippen LogP contribution is 2.24. The fourth-order valence-electron chi connectivity index (χ4n) is 1.56. The lowest BCUT2D eigenvalue weighted by Gasteiger charge is -2.12. The van der Waals surface area contributed by atoms with Gasteiger partial charge in [-0.1, -0.05) is 0 Å². The topological polar surface area (TPSA) is 83.4 Å². The van der Waals surface area contributed by atoms with Crippen LogP contribution in [0.4, 0.5) is 5.82 Å². The van der Waals surface area contributed by atoms with Gasteiger partial charge in [-0.3, -0.25) is 9.69 Å². The van der Waals surface area contributed by atoms with Gasteiger partial charge in [-0.15, -0.1) is 0 Å². The summed E-state index contributed by atoms with van der Waals surface area (Å²) < 4.78 is 0. The zero-order chi connectivity index (χ0) is 11.0. The quantitative estimate of drug-likeness (QED) is 0.705. The van der Waals surface area contributed by atoms with Crippen molar-refractivity contribution in [3.63, 3.8) is 0 Å². The molecule has 6 nitrogen and oxygen atoms in total. The van der Waals surface area contributed by atoms with Crippen LogP contribution in [0.2, 0.25) is 0 Å². The zero-order valence-electron chi connectivity index (χ0n) is 8.10. The minimum Gasteiger partial charge on any atom is -0.475 e. The first-order valence-electron chi connectivity index (χ1n) is 4.47. The van der Waals surface area contributed by atoms with Crippen LogP contribution < -0.4 is 4.90 Å². The highest BCUT2D eigenvalue weighted by Gasteiger charge is 2.25. The smallest absolute Gasteiger partial charge is 0.374 e. The van der Waals surface area contributed by atoms with Gasteiger partial charge in [0.05, 0.1) is 0 Å². The van der Waals surface area contributed by atoms with Crippen molar-refractivity contribution in [1.82, 2.24) is 9.97 Å². The number of carbonyl (C=O) groups is 2. The van der Waals surface area contributed by atoms with Gasteiger partial charge >= 0.3 is 5.97 Å². The third-order valence-electron chi connectivity index (χ3n) is 2.27. The van der Waals surface area contributed by atoms with Gasteiger partial charge in [0, 0.05) is 25.2 Å². The molecule has 78 valence electrons. The lowest BCUT2D eigenvalue weighted by atomic mass is 10.3. The van der Waals surface area contributed by atoms with Crippen molar-refractivity contribution in [2.45, 2.75) is 13.3 Å². The van der Waals surface area contributed by atoms with Crippen molar-refractivity contribution in [3.8, 4) is 0 Å². The molecule has 1 amide bonds. The lowest BCUT2D eigenvalue weighted by molar-refractivity contribution is -0.116. The second-order valence-corrected chi connectivity index (χ2v) is 3.27. The third-order valence-corrected chi connectivity index (χ3v) is 2.27. The van der Waals surface area contributed by atoms with Gasteiger partial charge in [0.2, 0.25) is 11.7 Å². The molecule has 0 unspecified atom stereocenters. The van der Waals surface area contributed by atoms with Gasteiger partial charge in [-0.05, 0) is 6.42 Å². The summed E-state index contributed by atoms with van der Waals surface area (Å²) in [6.07, 6.45) is 2.14. The van der Waals surface area contributed by atoms with E-state index in [0.717, 1.165) is 5.56 Å². The number of aromatic carboxylic acids is 1. The molecule has 1 aliphatic heterocycles. The molecule has 1 aromatic heterocycles. The molecule has 0 saturated heterocycles. The van der Waals surface area contributed by atoms with E-state index in [2.05, 4.69) is 9.97 Å². The summed E-state index contributed by atoms with van der Waals surface area (Å²) in [5, 5.41) is 8.71. The number of anilines is 1. The normalized spacial score (nSPS) is 13.8. The summed E-state index contributed by atoms with van der Waals surface area (Å²) in [7, 11) is 0. The average Bonchev–Trinajstić information content (AvgIpc) is 2.59. The van der Waals surface area contributed by atoms with E-state index in [0.29, 0.717) is 18.8 Å². The summed E-state index contributed by atoms with van der Waals surface area (Å²) in [6.45, 7) is 1.97. The summed E-state index contributed by atoms with van der Waals surface area (Å²) in [4.78, 5) is 30.9. The second-order valence-electron chi connectivity index (χ2n) is 3.27. The lowest BCUT2D eigenvalue weighted by Crippen LogP contribution is -2.27. The Kier molecular flexibility index (Phi) is 2.11. The molecule has 15 heavy (non-hydrogen) atoms. The number of carboxylic acid groups (broad SMARTS) is 1. The van der Waals surface area contributed by atoms with E-state index in [4.69, 9.17) is 5.11 Å². The molecule has 0 aliphatic carbocycles. The Morgan fingerprint density at radius 2 is 2.27 bits per heavy atom. The van der Waals surface area contributed by atoms with Crippen LogP contribution in [0.15, 0.2) is 6.20 Å². The van der Waals surface area contributed by atoms with Gasteiger partial charge in [-0.25, -0.2) is 14.8 Å². The Morgan fingerprint density at radius 3 is 2.87 bits per heavy atom. The van der Waals surface area contributed by atoms with Gasteiger partial charge in [0.15, 0.2) is 0 Å². The number of nitrogens with zero attached hydrogens (tertiary/aromatic N) is 3. The van der Waals surface area contributed by atoms with Crippen molar-refractivity contribution < 1.29 is 14.7 Å². The molecule has 1 aliphatic rings. The largest absolute Gasteiger partial charge is 0.475 e. The zero-order valence-corrected chi connectivity index (χ0v) is 8.10. The Balaban J connectivity index is 2.46. The molecule has 0 fully saturated rings. The van der Waals surface area contributed by atoms with E-state index in [-0.39, 0.29) is 11.7 Å². The molecule has 0 radical (unpaired) electrons. The predicted octanol–water partition coefficient (Wildman–Crippen LogP) is 0.0838. The molecular formula is C9H9N3O3. The molecule has 0 saturated carbocycles. The van der Waals surface area contributed by atoms with E-state index >= 15 is 0 Å². The fourth-order valence-corrected chi connectivity index (χ4v) is 1.56. The Morgan fingerprint density at radius 1 is 1.53 bits per heavy atom. The van der Waals surface area contributed by atoms with Crippen LogP contribution in [0.3, 0.4) is 0 Å². The van der Waals surface area contributed by atoms with E-state index in [9.17, 15) is 9.59 Å². The Bertz CT molecular complexity index is 444. The summed E-state index contributed by atoms with van der Waals surface area (Å²) in [5.74, 6) is -1.17. The van der Waals surface area contributed by atoms with Crippen LogP contribution in [0.1, 0.15) is 23.1 Å². The van der Waals surface area contributed by atoms with Gasteiger partial charge in [0.1, 0.15) is 5.82 Å². The molecule has 2 rings (SSSR count). The van der Waals surface area contributed by atoms with Crippen LogP contribution in [0.25, 0.3) is 0 Å². The maximum atomic E-state index is 11.2. The first kappa shape index (κ1) is 9.57. The molecule has 0 spiro atoms. The van der Waals surface area contributed by atoms with E-state index in [1.54, 1.807) is 0 Å². The fraction of sp³-hybridized carbons (Fsp3) is 0.333. The molecule has 0 aromatic carbocycles. The minimum absolute atomic E-state index is 0.135. The van der Waals surface area contributed by atoms with E-state index < -0.39 is 5.97 Å². The Labute approximate surface area is 85.6 Å². The molecule has 0 atom stereocenters. The number of carboxylic acids is 1. The van der Waals surface area contributed by atoms with Crippen LogP contribution in [0, 0.1) is 0 Å². The van der Waals surface area contributed by atoms with Crippen molar-refractivity contribution in [2.75, 3.05) is 11.4 Å². The van der Waals surface area contributed by atoms with E-state index in [1.807, 2.05) is 0 Å². The number of aromatic nitrogens is 2. The van der Waals surface area contributed by atoms with Crippen LogP contribution in [-0.4, -0.2) is 33.5 Å². The van der Waals surface area contributed by atoms with Crippen LogP contribution in [0.5, 0.6) is 0 Å². The number of rotatable bonds is 1. The van der Waals surface area contributed by atoms with Gasteiger partial charge in [-0.2, -0.15) is 0 Å². The second kappa shape index (κ2) is 3.30. The van der Waals surface area contributed by atoms with Crippen molar-refractivity contribution in [3.05, 3.63) is 17.6 Å². The number of hydrogen-bond donors (Lipinski definition) is 1.